The van der Waals surface area contributed by atoms with E-state index >= 15 is 0 Å². The number of carbonyl (C=O) groups excluding carboxylic acids is 2. The molecule has 1 aliphatic rings. The van der Waals surface area contributed by atoms with E-state index in [4.69, 9.17) is 0 Å². The van der Waals surface area contributed by atoms with E-state index < -0.39 is 5.92 Å². The van der Waals surface area contributed by atoms with Crippen molar-refractivity contribution in [3.63, 3.8) is 0 Å². The normalized spacial score (nSPS) is 16.2. The summed E-state index contributed by atoms with van der Waals surface area (Å²) in [5.74, 6) is -0.347. The van der Waals surface area contributed by atoms with Gasteiger partial charge < -0.3 is 5.32 Å². The number of aromatic nitrogens is 2. The Kier molecular flexibility index (Phi) is 3.69. The van der Waals surface area contributed by atoms with Crippen LogP contribution in [0.1, 0.15) is 33.8 Å². The Morgan fingerprint density at radius 2 is 1.80 bits per heavy atom. The van der Waals surface area contributed by atoms with Crippen molar-refractivity contribution in [2.24, 2.45) is 0 Å². The van der Waals surface area contributed by atoms with Crippen LogP contribution < -0.4 is 5.32 Å². The highest BCUT2D eigenvalue weighted by Crippen LogP contribution is 2.39. The second-order valence-electron chi connectivity index (χ2n) is 6.26. The first-order chi connectivity index (χ1) is 12.1. The average molecular weight is 331 g/mol. The molecular weight excluding hydrogens is 314 g/mol. The van der Waals surface area contributed by atoms with Crippen LogP contribution in [0.25, 0.3) is 11.3 Å². The van der Waals surface area contributed by atoms with Gasteiger partial charge in [0, 0.05) is 17.5 Å². The van der Waals surface area contributed by atoms with Crippen molar-refractivity contribution in [2.45, 2.75) is 19.3 Å². The fraction of sp³-hybridized carbons (Fsp3) is 0.150. The Bertz CT molecular complexity index is 943. The van der Waals surface area contributed by atoms with Crippen molar-refractivity contribution in [1.82, 2.24) is 10.2 Å². The number of hydrogen-bond acceptors (Lipinski definition) is 3. The summed E-state index contributed by atoms with van der Waals surface area (Å²) in [5.41, 5.74) is 4.18. The summed E-state index contributed by atoms with van der Waals surface area (Å²) in [6.45, 7) is 1.98. The molecule has 124 valence electrons. The SMILES string of the molecule is Cc1ccc(C(=O)C2CC(=O)Nc3n[nH]c(-c4ccccc4)c32)cc1. The number of Topliss-reactive ketones (excluding diaryl/α,β-unsaturated/α-hetero) is 1. The molecule has 1 amide bonds. The quantitative estimate of drug-likeness (QED) is 0.719. The third-order valence-electron chi connectivity index (χ3n) is 4.51. The van der Waals surface area contributed by atoms with E-state index in [9.17, 15) is 9.59 Å². The van der Waals surface area contributed by atoms with Crippen LogP contribution in [0.5, 0.6) is 0 Å². The first kappa shape index (κ1) is 15.3. The molecular formula is C20H17N3O2. The third-order valence-corrected chi connectivity index (χ3v) is 4.51. The van der Waals surface area contributed by atoms with Crippen LogP contribution in [0.15, 0.2) is 54.6 Å². The van der Waals surface area contributed by atoms with Crippen molar-refractivity contribution in [3.8, 4) is 11.3 Å². The van der Waals surface area contributed by atoms with Gasteiger partial charge >= 0.3 is 0 Å². The largest absolute Gasteiger partial charge is 0.309 e. The summed E-state index contributed by atoms with van der Waals surface area (Å²) in [7, 11) is 0. The van der Waals surface area contributed by atoms with Crippen LogP contribution in [-0.2, 0) is 4.79 Å². The predicted molar refractivity (Wildman–Crippen MR) is 95.5 cm³/mol. The summed E-state index contributed by atoms with van der Waals surface area (Å²) < 4.78 is 0. The number of benzene rings is 2. The molecule has 0 spiro atoms. The molecule has 1 unspecified atom stereocenters. The maximum absolute atomic E-state index is 13.1. The maximum atomic E-state index is 13.1. The van der Waals surface area contributed by atoms with Gasteiger partial charge in [-0.3, -0.25) is 14.7 Å². The highest BCUT2D eigenvalue weighted by Gasteiger charge is 2.35. The lowest BCUT2D eigenvalue weighted by Crippen LogP contribution is -2.27. The number of rotatable bonds is 3. The number of H-pyrrole nitrogens is 1. The summed E-state index contributed by atoms with van der Waals surface area (Å²) in [5, 5.41) is 9.96. The number of aryl methyl sites for hydroxylation is 1. The predicted octanol–water partition coefficient (Wildman–Crippen LogP) is 3.69. The molecule has 2 N–H and O–H groups in total. The van der Waals surface area contributed by atoms with E-state index in [1.165, 1.54) is 0 Å². The summed E-state index contributed by atoms with van der Waals surface area (Å²) >= 11 is 0. The van der Waals surface area contributed by atoms with Crippen molar-refractivity contribution in [2.75, 3.05) is 5.32 Å². The van der Waals surface area contributed by atoms with Crippen molar-refractivity contribution < 1.29 is 9.59 Å². The Hall–Kier alpha value is -3.21. The number of amides is 1. The summed E-state index contributed by atoms with van der Waals surface area (Å²) in [6.07, 6.45) is 0.124. The Morgan fingerprint density at radius 1 is 1.08 bits per heavy atom. The molecule has 0 saturated heterocycles. The average Bonchev–Trinajstić information content (AvgIpc) is 3.05. The van der Waals surface area contributed by atoms with E-state index in [1.54, 1.807) is 0 Å². The molecule has 4 rings (SSSR count). The molecule has 0 fully saturated rings. The Labute approximate surface area is 145 Å². The molecule has 3 aromatic rings. The lowest BCUT2D eigenvalue weighted by Gasteiger charge is -2.22. The Balaban J connectivity index is 1.81. The van der Waals surface area contributed by atoms with E-state index in [0.717, 1.165) is 22.4 Å². The molecule has 2 aromatic carbocycles. The first-order valence-corrected chi connectivity index (χ1v) is 8.18. The van der Waals surface area contributed by atoms with Crippen LogP contribution in [0, 0.1) is 6.92 Å². The number of ketones is 1. The number of carbonyl (C=O) groups is 2. The fourth-order valence-corrected chi connectivity index (χ4v) is 3.22. The van der Waals surface area contributed by atoms with Gasteiger partial charge in [0.2, 0.25) is 5.91 Å². The Morgan fingerprint density at radius 3 is 2.52 bits per heavy atom. The van der Waals surface area contributed by atoms with Crippen molar-refractivity contribution >= 4 is 17.5 Å². The number of anilines is 1. The lowest BCUT2D eigenvalue weighted by molar-refractivity contribution is -0.116. The third kappa shape index (κ3) is 2.74. The van der Waals surface area contributed by atoms with Crippen LogP contribution in [0.4, 0.5) is 5.82 Å². The molecule has 0 aliphatic carbocycles. The minimum absolute atomic E-state index is 0.0605. The minimum atomic E-state index is -0.541. The number of nitrogens with one attached hydrogen (secondary N) is 2. The monoisotopic (exact) mass is 331 g/mol. The van der Waals surface area contributed by atoms with Crippen molar-refractivity contribution in [3.05, 3.63) is 71.3 Å². The van der Waals surface area contributed by atoms with Gasteiger partial charge in [0.25, 0.3) is 0 Å². The van der Waals surface area contributed by atoms with Crippen molar-refractivity contribution in [1.29, 1.82) is 0 Å². The van der Waals surface area contributed by atoms with E-state index in [-0.39, 0.29) is 18.1 Å². The van der Waals surface area contributed by atoms with Gasteiger partial charge in [-0.05, 0) is 12.5 Å². The van der Waals surface area contributed by atoms with Crippen LogP contribution in [-0.4, -0.2) is 21.9 Å². The van der Waals surface area contributed by atoms with E-state index in [1.807, 2.05) is 61.5 Å². The zero-order chi connectivity index (χ0) is 17.4. The van der Waals surface area contributed by atoms with Crippen LogP contribution in [0.3, 0.4) is 0 Å². The van der Waals surface area contributed by atoms with Crippen LogP contribution >= 0.6 is 0 Å². The van der Waals surface area contributed by atoms with Crippen LogP contribution in [0.2, 0.25) is 0 Å². The van der Waals surface area contributed by atoms with Gasteiger partial charge in [0.1, 0.15) is 0 Å². The number of nitrogens with zero attached hydrogens (tertiary/aromatic N) is 1. The van der Waals surface area contributed by atoms with Gasteiger partial charge in [0.15, 0.2) is 11.6 Å². The van der Waals surface area contributed by atoms with Gasteiger partial charge in [-0.1, -0.05) is 60.2 Å². The molecule has 1 atom stereocenters. The zero-order valence-corrected chi connectivity index (χ0v) is 13.7. The molecule has 0 bridgehead atoms. The fourth-order valence-electron chi connectivity index (χ4n) is 3.22. The molecule has 5 heteroatoms. The molecule has 2 heterocycles. The molecule has 25 heavy (non-hydrogen) atoms. The van der Waals surface area contributed by atoms with E-state index in [0.29, 0.717) is 11.4 Å². The lowest BCUT2D eigenvalue weighted by atomic mass is 9.84. The molecule has 5 nitrogen and oxygen atoms in total. The molecule has 0 radical (unpaired) electrons. The molecule has 1 aromatic heterocycles. The standard InChI is InChI=1S/C20H17N3O2/c1-12-7-9-14(10-8-12)19(25)15-11-16(24)21-20-17(15)18(22-23-20)13-5-3-2-4-6-13/h2-10,15H,11H2,1H3,(H2,21,22,23,24). The second kappa shape index (κ2) is 6.02. The minimum Gasteiger partial charge on any atom is -0.309 e. The number of hydrogen-bond donors (Lipinski definition) is 2. The first-order valence-electron chi connectivity index (χ1n) is 8.18. The van der Waals surface area contributed by atoms with Gasteiger partial charge in [0.05, 0.1) is 11.6 Å². The smallest absolute Gasteiger partial charge is 0.226 e. The second-order valence-corrected chi connectivity index (χ2v) is 6.26. The maximum Gasteiger partial charge on any atom is 0.226 e. The molecule has 0 saturated carbocycles. The molecule has 1 aliphatic heterocycles. The number of fused-ring (bicyclic) bond motifs is 1. The highest BCUT2D eigenvalue weighted by atomic mass is 16.2. The summed E-state index contributed by atoms with van der Waals surface area (Å²) in [4.78, 5) is 25.1. The highest BCUT2D eigenvalue weighted by molar-refractivity contribution is 6.08. The topological polar surface area (TPSA) is 74.8 Å². The number of aromatic amines is 1. The summed E-state index contributed by atoms with van der Waals surface area (Å²) in [6, 6.07) is 17.1. The zero-order valence-electron chi connectivity index (χ0n) is 13.7. The van der Waals surface area contributed by atoms with Gasteiger partial charge in [-0.2, -0.15) is 5.10 Å². The van der Waals surface area contributed by atoms with Gasteiger partial charge in [-0.15, -0.1) is 0 Å². The van der Waals surface area contributed by atoms with E-state index in [2.05, 4.69) is 15.5 Å². The van der Waals surface area contributed by atoms with Gasteiger partial charge in [-0.25, -0.2) is 0 Å².